The Hall–Kier alpha value is -2.07. The molecule has 1 aromatic carbocycles. The first-order chi connectivity index (χ1) is 14.8. The molecule has 2 aliphatic heterocycles. The number of hydrogen-bond donors (Lipinski definition) is 3. The van der Waals surface area contributed by atoms with Crippen LogP contribution in [0.2, 0.25) is 0 Å². The number of carbonyl (C=O) groups excluding carboxylic acids is 1. The monoisotopic (exact) mass is 440 g/mol. The molecule has 2 heterocycles. The molecule has 3 N–H and O–H groups in total. The lowest BCUT2D eigenvalue weighted by Crippen LogP contribution is -2.58. The molecule has 0 bridgehead atoms. The zero-order valence-electron chi connectivity index (χ0n) is 18.5. The summed E-state index contributed by atoms with van der Waals surface area (Å²) in [6.45, 7) is 7.19. The molecular weight excluding hydrogens is 408 g/mol. The number of aliphatic hydroxyl groups excluding tert-OH is 3. The van der Waals surface area contributed by atoms with Crippen molar-refractivity contribution in [2.24, 2.45) is 0 Å². The lowest BCUT2D eigenvalue weighted by Gasteiger charge is -2.45. The van der Waals surface area contributed by atoms with Gasteiger partial charge in [-0.25, -0.2) is 4.79 Å². The molecule has 0 spiro atoms. The molecule has 2 unspecified atom stereocenters. The Morgan fingerprint density at radius 1 is 1.06 bits per heavy atom. The van der Waals surface area contributed by atoms with E-state index in [-0.39, 0.29) is 23.5 Å². The van der Waals surface area contributed by atoms with Crippen molar-refractivity contribution in [3.63, 3.8) is 0 Å². The molecular formula is C22H32O9. The van der Waals surface area contributed by atoms with Crippen molar-refractivity contribution < 1.29 is 43.8 Å². The standard InChI is InChI=1S/C22H32O9/c1-6-10(3)28-13-8-12-15(19(18(13)27-5)29-11(4)7-2)20-21(31-22(12)26)17(25)16(24)14(9-23)30-20/h8,10-11,14,16-17,20-21,23-25H,6-7,9H2,1-5H3/t10?,11?,14-,16-,17+,20+,21-/m1/s1. The summed E-state index contributed by atoms with van der Waals surface area (Å²) < 4.78 is 29.1. The Kier molecular flexibility index (Phi) is 7.31. The van der Waals surface area contributed by atoms with E-state index in [0.717, 1.165) is 6.42 Å². The van der Waals surface area contributed by atoms with Gasteiger partial charge in [-0.3, -0.25) is 0 Å². The number of esters is 1. The predicted molar refractivity (Wildman–Crippen MR) is 110 cm³/mol. The zero-order chi connectivity index (χ0) is 22.9. The average Bonchev–Trinajstić information content (AvgIpc) is 2.76. The van der Waals surface area contributed by atoms with Crippen LogP contribution in [0.5, 0.6) is 17.2 Å². The summed E-state index contributed by atoms with van der Waals surface area (Å²) in [7, 11) is 1.48. The van der Waals surface area contributed by atoms with E-state index in [1.165, 1.54) is 13.2 Å². The Balaban J connectivity index is 2.21. The van der Waals surface area contributed by atoms with E-state index in [9.17, 15) is 20.1 Å². The molecule has 174 valence electrons. The molecule has 7 atom stereocenters. The van der Waals surface area contributed by atoms with Crippen molar-refractivity contribution in [3.05, 3.63) is 17.2 Å². The summed E-state index contributed by atoms with van der Waals surface area (Å²) in [6, 6.07) is 1.52. The van der Waals surface area contributed by atoms with Gasteiger partial charge in [-0.1, -0.05) is 13.8 Å². The largest absolute Gasteiger partial charge is 0.490 e. The van der Waals surface area contributed by atoms with Crippen molar-refractivity contribution in [2.45, 2.75) is 83.3 Å². The smallest absolute Gasteiger partial charge is 0.339 e. The maximum atomic E-state index is 12.9. The first kappa shape index (κ1) is 23.6. The van der Waals surface area contributed by atoms with Crippen LogP contribution in [-0.2, 0) is 9.47 Å². The quantitative estimate of drug-likeness (QED) is 0.519. The number of methoxy groups -OCH3 is 1. The van der Waals surface area contributed by atoms with E-state index in [2.05, 4.69) is 0 Å². The molecule has 2 aliphatic rings. The van der Waals surface area contributed by atoms with Crippen LogP contribution in [0, 0.1) is 0 Å². The third kappa shape index (κ3) is 4.32. The first-order valence-electron chi connectivity index (χ1n) is 10.7. The molecule has 3 rings (SSSR count). The van der Waals surface area contributed by atoms with Gasteiger partial charge in [-0.15, -0.1) is 0 Å². The number of ether oxygens (including phenoxy) is 5. The highest BCUT2D eigenvalue weighted by Gasteiger charge is 2.52. The van der Waals surface area contributed by atoms with Crippen molar-refractivity contribution >= 4 is 5.97 Å². The molecule has 0 amide bonds. The van der Waals surface area contributed by atoms with E-state index in [0.29, 0.717) is 23.5 Å². The Labute approximate surface area is 181 Å². The highest BCUT2D eigenvalue weighted by molar-refractivity contribution is 5.95. The van der Waals surface area contributed by atoms with Gasteiger partial charge in [0.25, 0.3) is 0 Å². The molecule has 9 nitrogen and oxygen atoms in total. The van der Waals surface area contributed by atoms with Crippen molar-refractivity contribution in [1.82, 2.24) is 0 Å². The lowest BCUT2D eigenvalue weighted by atomic mass is 9.86. The van der Waals surface area contributed by atoms with E-state index in [1.807, 2.05) is 27.7 Å². The maximum absolute atomic E-state index is 12.9. The highest BCUT2D eigenvalue weighted by atomic mass is 16.6. The van der Waals surface area contributed by atoms with Gasteiger partial charge >= 0.3 is 5.97 Å². The van der Waals surface area contributed by atoms with Crippen molar-refractivity contribution in [2.75, 3.05) is 13.7 Å². The van der Waals surface area contributed by atoms with Gasteiger partial charge in [0.05, 0.1) is 31.5 Å². The van der Waals surface area contributed by atoms with E-state index < -0.39 is 43.1 Å². The van der Waals surface area contributed by atoms with Crippen LogP contribution < -0.4 is 14.2 Å². The molecule has 0 saturated carbocycles. The van der Waals surface area contributed by atoms with Crippen LogP contribution in [0.15, 0.2) is 6.07 Å². The molecule has 1 aromatic rings. The fourth-order valence-corrected chi connectivity index (χ4v) is 3.71. The third-order valence-electron chi connectivity index (χ3n) is 5.86. The molecule has 0 radical (unpaired) electrons. The topological polar surface area (TPSA) is 124 Å². The second-order valence-corrected chi connectivity index (χ2v) is 8.00. The highest BCUT2D eigenvalue weighted by Crippen LogP contribution is 2.51. The number of carbonyl (C=O) groups is 1. The predicted octanol–water partition coefficient (Wildman–Crippen LogP) is 1.74. The average molecular weight is 440 g/mol. The van der Waals surface area contributed by atoms with Crippen LogP contribution in [0.1, 0.15) is 62.6 Å². The van der Waals surface area contributed by atoms with Gasteiger partial charge in [0, 0.05) is 5.56 Å². The minimum atomic E-state index is -1.44. The second-order valence-electron chi connectivity index (χ2n) is 8.00. The SMILES string of the molecule is CCC(C)Oc1cc2c(c(OC(C)CC)c1OC)[C@@H]1O[C@H](CO)[C@@H](O)[C@H](O)[C@H]1OC2=O. The van der Waals surface area contributed by atoms with Crippen LogP contribution in [0.4, 0.5) is 0 Å². The van der Waals surface area contributed by atoms with Gasteiger partial charge < -0.3 is 39.0 Å². The van der Waals surface area contributed by atoms with Gasteiger partial charge in [0.2, 0.25) is 5.75 Å². The summed E-state index contributed by atoms with van der Waals surface area (Å²) >= 11 is 0. The van der Waals surface area contributed by atoms with E-state index in [4.69, 9.17) is 23.7 Å². The van der Waals surface area contributed by atoms with Gasteiger partial charge in [0.15, 0.2) is 17.6 Å². The van der Waals surface area contributed by atoms with Crippen molar-refractivity contribution in [1.29, 1.82) is 0 Å². The number of aliphatic hydroxyl groups is 3. The summed E-state index contributed by atoms with van der Waals surface area (Å²) in [6.07, 6.45) is -4.97. The zero-order valence-corrected chi connectivity index (χ0v) is 18.5. The van der Waals surface area contributed by atoms with Crippen LogP contribution in [0.25, 0.3) is 0 Å². The third-order valence-corrected chi connectivity index (χ3v) is 5.86. The van der Waals surface area contributed by atoms with Gasteiger partial charge in [-0.2, -0.15) is 0 Å². The summed E-state index contributed by atoms with van der Waals surface area (Å²) in [4.78, 5) is 12.9. The Bertz CT molecular complexity index is 796. The van der Waals surface area contributed by atoms with Gasteiger partial charge in [0.1, 0.15) is 24.4 Å². The molecule has 31 heavy (non-hydrogen) atoms. The van der Waals surface area contributed by atoms with Crippen LogP contribution in [0.3, 0.4) is 0 Å². The molecule has 0 aromatic heterocycles. The number of hydrogen-bond acceptors (Lipinski definition) is 9. The second kappa shape index (κ2) is 9.60. The maximum Gasteiger partial charge on any atom is 0.339 e. The number of fused-ring (bicyclic) bond motifs is 3. The minimum absolute atomic E-state index is 0.141. The first-order valence-corrected chi connectivity index (χ1v) is 10.7. The lowest BCUT2D eigenvalue weighted by molar-refractivity contribution is -0.235. The fourth-order valence-electron chi connectivity index (χ4n) is 3.71. The Morgan fingerprint density at radius 2 is 1.71 bits per heavy atom. The molecule has 9 heteroatoms. The summed E-state index contributed by atoms with van der Waals surface area (Å²) in [5, 5.41) is 30.4. The van der Waals surface area contributed by atoms with Crippen LogP contribution >= 0.6 is 0 Å². The minimum Gasteiger partial charge on any atom is -0.490 e. The van der Waals surface area contributed by atoms with Crippen LogP contribution in [-0.4, -0.2) is 71.6 Å². The summed E-state index contributed by atoms with van der Waals surface area (Å²) in [5.74, 6) is 0.204. The molecule has 1 saturated heterocycles. The normalized spacial score (nSPS) is 29.3. The summed E-state index contributed by atoms with van der Waals surface area (Å²) in [5.41, 5.74) is 0.512. The number of rotatable bonds is 8. The fraction of sp³-hybridized carbons (Fsp3) is 0.682. The van der Waals surface area contributed by atoms with Crippen molar-refractivity contribution in [3.8, 4) is 17.2 Å². The number of benzene rings is 1. The van der Waals surface area contributed by atoms with E-state index >= 15 is 0 Å². The van der Waals surface area contributed by atoms with E-state index in [1.54, 1.807) is 0 Å². The van der Waals surface area contributed by atoms with Gasteiger partial charge in [-0.05, 0) is 32.8 Å². The molecule has 1 fully saturated rings. The molecule has 0 aliphatic carbocycles. The Morgan fingerprint density at radius 3 is 2.29 bits per heavy atom.